The Morgan fingerprint density at radius 2 is 2.11 bits per heavy atom. The normalized spacial score (nSPS) is 18.4. The SMILES string of the molecule is COc1ccc(NCC2CC=CCC2)c(OC)c1. The highest BCUT2D eigenvalue weighted by Crippen LogP contribution is 2.29. The van der Waals surface area contributed by atoms with Crippen molar-refractivity contribution in [3.63, 3.8) is 0 Å². The van der Waals surface area contributed by atoms with Gasteiger partial charge in [0.2, 0.25) is 0 Å². The van der Waals surface area contributed by atoms with Crippen LogP contribution >= 0.6 is 0 Å². The highest BCUT2D eigenvalue weighted by atomic mass is 16.5. The molecule has 1 N–H and O–H groups in total. The molecule has 0 heterocycles. The van der Waals surface area contributed by atoms with Gasteiger partial charge in [-0.15, -0.1) is 0 Å². The molecule has 0 amide bonds. The van der Waals surface area contributed by atoms with Crippen molar-refractivity contribution in [2.75, 3.05) is 26.1 Å². The maximum absolute atomic E-state index is 5.37. The predicted octanol–water partition coefficient (Wildman–Crippen LogP) is 3.47. The highest BCUT2D eigenvalue weighted by molar-refractivity contribution is 5.59. The standard InChI is InChI=1S/C15H21NO2/c1-17-13-8-9-14(15(10-13)18-2)16-11-12-6-4-3-5-7-12/h3-4,8-10,12,16H,5-7,11H2,1-2H3. The number of rotatable bonds is 5. The van der Waals surface area contributed by atoms with E-state index in [4.69, 9.17) is 9.47 Å². The number of allylic oxidation sites excluding steroid dienone is 2. The van der Waals surface area contributed by atoms with Crippen molar-refractivity contribution >= 4 is 5.69 Å². The summed E-state index contributed by atoms with van der Waals surface area (Å²) in [6, 6.07) is 5.87. The predicted molar refractivity (Wildman–Crippen MR) is 74.5 cm³/mol. The average molecular weight is 247 g/mol. The molecule has 0 bridgehead atoms. The molecule has 1 unspecified atom stereocenters. The summed E-state index contributed by atoms with van der Waals surface area (Å²) in [5.41, 5.74) is 1.04. The van der Waals surface area contributed by atoms with Gasteiger partial charge in [-0.1, -0.05) is 12.2 Å². The van der Waals surface area contributed by atoms with Gasteiger partial charge in [-0.2, -0.15) is 0 Å². The summed E-state index contributed by atoms with van der Waals surface area (Å²) in [4.78, 5) is 0. The second kappa shape index (κ2) is 6.34. The van der Waals surface area contributed by atoms with Crippen LogP contribution in [0.25, 0.3) is 0 Å². The van der Waals surface area contributed by atoms with E-state index < -0.39 is 0 Å². The Hall–Kier alpha value is -1.64. The van der Waals surface area contributed by atoms with Crippen LogP contribution in [0.4, 0.5) is 5.69 Å². The van der Waals surface area contributed by atoms with Crippen LogP contribution in [0.15, 0.2) is 30.4 Å². The summed E-state index contributed by atoms with van der Waals surface area (Å²) in [6.45, 7) is 0.993. The summed E-state index contributed by atoms with van der Waals surface area (Å²) in [5, 5.41) is 3.47. The highest BCUT2D eigenvalue weighted by Gasteiger charge is 2.11. The van der Waals surface area contributed by atoms with E-state index in [0.717, 1.165) is 29.6 Å². The van der Waals surface area contributed by atoms with Gasteiger partial charge in [-0.25, -0.2) is 0 Å². The molecule has 1 aromatic rings. The second-order valence-corrected chi connectivity index (χ2v) is 4.60. The molecule has 1 aliphatic rings. The first-order valence-electron chi connectivity index (χ1n) is 6.44. The zero-order valence-electron chi connectivity index (χ0n) is 11.1. The van der Waals surface area contributed by atoms with Gasteiger partial charge >= 0.3 is 0 Å². The van der Waals surface area contributed by atoms with Crippen LogP contribution < -0.4 is 14.8 Å². The monoisotopic (exact) mass is 247 g/mol. The number of hydrogen-bond acceptors (Lipinski definition) is 3. The van der Waals surface area contributed by atoms with Crippen LogP contribution in [0, 0.1) is 5.92 Å². The summed E-state index contributed by atoms with van der Waals surface area (Å²) >= 11 is 0. The molecule has 1 aliphatic carbocycles. The fourth-order valence-corrected chi connectivity index (χ4v) is 2.24. The molecular weight excluding hydrogens is 226 g/mol. The molecule has 0 fully saturated rings. The van der Waals surface area contributed by atoms with Crippen molar-refractivity contribution < 1.29 is 9.47 Å². The Labute approximate surface area is 109 Å². The molecule has 2 rings (SSSR count). The van der Waals surface area contributed by atoms with Gasteiger partial charge in [-0.3, -0.25) is 0 Å². The molecule has 0 spiro atoms. The Kier molecular flexibility index (Phi) is 4.51. The minimum Gasteiger partial charge on any atom is -0.497 e. The van der Waals surface area contributed by atoms with Gasteiger partial charge in [0.25, 0.3) is 0 Å². The molecule has 0 saturated heterocycles. The van der Waals surface area contributed by atoms with Gasteiger partial charge in [-0.05, 0) is 37.3 Å². The third-order valence-electron chi connectivity index (χ3n) is 3.37. The molecule has 18 heavy (non-hydrogen) atoms. The van der Waals surface area contributed by atoms with E-state index in [2.05, 4.69) is 17.5 Å². The molecule has 0 aromatic heterocycles. The Morgan fingerprint density at radius 3 is 2.78 bits per heavy atom. The van der Waals surface area contributed by atoms with Gasteiger partial charge in [0.1, 0.15) is 11.5 Å². The first kappa shape index (κ1) is 12.8. The maximum Gasteiger partial charge on any atom is 0.145 e. The minimum atomic E-state index is 0.724. The van der Waals surface area contributed by atoms with Crippen molar-refractivity contribution in [3.8, 4) is 11.5 Å². The van der Waals surface area contributed by atoms with E-state index in [0.29, 0.717) is 0 Å². The van der Waals surface area contributed by atoms with Crippen molar-refractivity contribution in [2.45, 2.75) is 19.3 Å². The number of ether oxygens (including phenoxy) is 2. The molecule has 0 saturated carbocycles. The first-order valence-corrected chi connectivity index (χ1v) is 6.44. The molecule has 3 nitrogen and oxygen atoms in total. The average Bonchev–Trinajstić information content (AvgIpc) is 2.46. The van der Waals surface area contributed by atoms with Gasteiger partial charge in [0.15, 0.2) is 0 Å². The summed E-state index contributed by atoms with van der Waals surface area (Å²) in [5.74, 6) is 2.38. The lowest BCUT2D eigenvalue weighted by molar-refractivity contribution is 0.395. The summed E-state index contributed by atoms with van der Waals surface area (Å²) in [6.07, 6.45) is 8.19. The van der Waals surface area contributed by atoms with Crippen molar-refractivity contribution in [1.29, 1.82) is 0 Å². The number of nitrogens with one attached hydrogen (secondary N) is 1. The van der Waals surface area contributed by atoms with Gasteiger partial charge in [0, 0.05) is 12.6 Å². The van der Waals surface area contributed by atoms with Crippen LogP contribution in [0.1, 0.15) is 19.3 Å². The molecule has 1 atom stereocenters. The minimum absolute atomic E-state index is 0.724. The van der Waals surface area contributed by atoms with Crippen LogP contribution in [0.2, 0.25) is 0 Å². The van der Waals surface area contributed by atoms with Crippen LogP contribution in [0.5, 0.6) is 11.5 Å². The van der Waals surface area contributed by atoms with E-state index in [9.17, 15) is 0 Å². The van der Waals surface area contributed by atoms with E-state index in [1.807, 2.05) is 18.2 Å². The molecular formula is C15H21NO2. The number of benzene rings is 1. The fraction of sp³-hybridized carbons (Fsp3) is 0.467. The smallest absolute Gasteiger partial charge is 0.145 e. The maximum atomic E-state index is 5.37. The Bertz CT molecular complexity index is 415. The third kappa shape index (κ3) is 3.19. The summed E-state index contributed by atoms with van der Waals surface area (Å²) in [7, 11) is 3.35. The summed E-state index contributed by atoms with van der Waals surface area (Å²) < 4.78 is 10.6. The van der Waals surface area contributed by atoms with Crippen LogP contribution in [-0.4, -0.2) is 20.8 Å². The van der Waals surface area contributed by atoms with Crippen LogP contribution in [-0.2, 0) is 0 Å². The molecule has 98 valence electrons. The van der Waals surface area contributed by atoms with E-state index in [-0.39, 0.29) is 0 Å². The molecule has 0 radical (unpaired) electrons. The van der Waals surface area contributed by atoms with Crippen LogP contribution in [0.3, 0.4) is 0 Å². The zero-order valence-corrected chi connectivity index (χ0v) is 11.1. The molecule has 3 heteroatoms. The lowest BCUT2D eigenvalue weighted by Gasteiger charge is -2.20. The number of hydrogen-bond donors (Lipinski definition) is 1. The van der Waals surface area contributed by atoms with Gasteiger partial charge in [0.05, 0.1) is 19.9 Å². The van der Waals surface area contributed by atoms with Gasteiger partial charge < -0.3 is 14.8 Å². The Balaban J connectivity index is 1.97. The lowest BCUT2D eigenvalue weighted by Crippen LogP contribution is -2.15. The van der Waals surface area contributed by atoms with E-state index in [1.54, 1.807) is 14.2 Å². The second-order valence-electron chi connectivity index (χ2n) is 4.60. The number of anilines is 1. The largest absolute Gasteiger partial charge is 0.497 e. The molecule has 1 aromatic carbocycles. The fourth-order valence-electron chi connectivity index (χ4n) is 2.24. The quantitative estimate of drug-likeness (QED) is 0.808. The van der Waals surface area contributed by atoms with Crippen molar-refractivity contribution in [1.82, 2.24) is 0 Å². The topological polar surface area (TPSA) is 30.5 Å². The molecule has 0 aliphatic heterocycles. The lowest BCUT2D eigenvalue weighted by atomic mass is 9.94. The van der Waals surface area contributed by atoms with Crippen molar-refractivity contribution in [3.05, 3.63) is 30.4 Å². The van der Waals surface area contributed by atoms with E-state index >= 15 is 0 Å². The first-order chi connectivity index (χ1) is 8.83. The zero-order chi connectivity index (χ0) is 12.8. The third-order valence-corrected chi connectivity index (χ3v) is 3.37. The number of methoxy groups -OCH3 is 2. The van der Waals surface area contributed by atoms with Crippen molar-refractivity contribution in [2.24, 2.45) is 5.92 Å². The van der Waals surface area contributed by atoms with E-state index in [1.165, 1.54) is 19.3 Å². The Morgan fingerprint density at radius 1 is 1.22 bits per heavy atom.